The maximum Gasteiger partial charge on any atom is 0.253 e. The van der Waals surface area contributed by atoms with Crippen LogP contribution in [0, 0.1) is 0 Å². The Balaban J connectivity index is 2.07. The number of carbonyl (C=O) groups is 2. The van der Waals surface area contributed by atoms with E-state index < -0.39 is 6.04 Å². The van der Waals surface area contributed by atoms with Gasteiger partial charge in [-0.1, -0.05) is 23.7 Å². The zero-order valence-corrected chi connectivity index (χ0v) is 16.3. The van der Waals surface area contributed by atoms with E-state index in [9.17, 15) is 9.59 Å². The van der Waals surface area contributed by atoms with E-state index in [2.05, 4.69) is 15.6 Å². The van der Waals surface area contributed by atoms with Gasteiger partial charge in [-0.15, -0.1) is 0 Å². The number of thioether (sulfide) groups is 1. The molecule has 2 atom stereocenters. The number of hydrogen-bond acceptors (Lipinski definition) is 4. The molecule has 0 aliphatic heterocycles. The molecular formula is C19H22ClN3O2S. The molecule has 1 aromatic heterocycles. The number of rotatable bonds is 8. The summed E-state index contributed by atoms with van der Waals surface area (Å²) in [5, 5.41) is 6.12. The summed E-state index contributed by atoms with van der Waals surface area (Å²) < 4.78 is 0. The number of nitrogens with one attached hydrogen (secondary N) is 2. The number of hydrogen-bond donors (Lipinski definition) is 2. The number of nitrogens with zero attached hydrogens (tertiary/aromatic N) is 1. The largest absolute Gasteiger partial charge is 0.348 e. The Labute approximate surface area is 162 Å². The lowest BCUT2D eigenvalue weighted by molar-refractivity contribution is -0.123. The molecule has 5 nitrogen and oxygen atoms in total. The monoisotopic (exact) mass is 391 g/mol. The number of benzene rings is 1. The standard InChI is InChI=1S/C19H22ClN3O2S/c1-13(14-7-10-21-11-8-14)22-19(25)17(9-12-26-2)23-18(24)15-5-3-4-6-16(15)20/h3-8,10-11,13,17H,9,12H2,1-2H3,(H,22,25)(H,23,24). The van der Waals surface area contributed by atoms with Gasteiger partial charge < -0.3 is 10.6 Å². The minimum absolute atomic E-state index is 0.181. The van der Waals surface area contributed by atoms with E-state index in [4.69, 9.17) is 11.6 Å². The molecule has 2 N–H and O–H groups in total. The third-order valence-electron chi connectivity index (χ3n) is 3.92. The first kappa shape index (κ1) is 20.3. The van der Waals surface area contributed by atoms with Crippen molar-refractivity contribution in [2.45, 2.75) is 25.4 Å². The van der Waals surface area contributed by atoms with Gasteiger partial charge in [0.05, 0.1) is 16.6 Å². The van der Waals surface area contributed by atoms with Crippen LogP contribution in [0.25, 0.3) is 0 Å². The zero-order valence-electron chi connectivity index (χ0n) is 14.7. The van der Waals surface area contributed by atoms with Gasteiger partial charge in [-0.25, -0.2) is 0 Å². The summed E-state index contributed by atoms with van der Waals surface area (Å²) >= 11 is 7.70. The van der Waals surface area contributed by atoms with Crippen LogP contribution >= 0.6 is 23.4 Å². The van der Waals surface area contributed by atoms with Crippen LogP contribution in [-0.2, 0) is 4.79 Å². The van der Waals surface area contributed by atoms with Crippen molar-refractivity contribution in [3.63, 3.8) is 0 Å². The first-order chi connectivity index (χ1) is 12.5. The first-order valence-corrected chi connectivity index (χ1v) is 10.0. The highest BCUT2D eigenvalue weighted by atomic mass is 35.5. The normalized spacial score (nSPS) is 12.9. The molecule has 0 saturated carbocycles. The Hall–Kier alpha value is -2.05. The maximum atomic E-state index is 12.7. The summed E-state index contributed by atoms with van der Waals surface area (Å²) in [6, 6.07) is 9.68. The fourth-order valence-electron chi connectivity index (χ4n) is 2.44. The van der Waals surface area contributed by atoms with Crippen LogP contribution in [0.3, 0.4) is 0 Å². The molecule has 1 heterocycles. The van der Waals surface area contributed by atoms with Crippen LogP contribution in [0.4, 0.5) is 0 Å². The van der Waals surface area contributed by atoms with E-state index >= 15 is 0 Å². The van der Waals surface area contributed by atoms with Crippen molar-refractivity contribution in [2.75, 3.05) is 12.0 Å². The molecule has 26 heavy (non-hydrogen) atoms. The van der Waals surface area contributed by atoms with Crippen LogP contribution in [0.1, 0.15) is 35.3 Å². The average Bonchev–Trinajstić information content (AvgIpc) is 2.65. The van der Waals surface area contributed by atoms with Gasteiger partial charge in [-0.05, 0) is 55.2 Å². The van der Waals surface area contributed by atoms with E-state index in [1.807, 2.05) is 25.3 Å². The molecule has 2 aromatic rings. The van der Waals surface area contributed by atoms with Crippen molar-refractivity contribution >= 4 is 35.2 Å². The number of carbonyl (C=O) groups excluding carboxylic acids is 2. The fourth-order valence-corrected chi connectivity index (χ4v) is 3.13. The molecule has 0 aliphatic carbocycles. The molecule has 138 valence electrons. The van der Waals surface area contributed by atoms with E-state index in [1.54, 1.807) is 48.4 Å². The van der Waals surface area contributed by atoms with Gasteiger partial charge in [0.15, 0.2) is 0 Å². The SMILES string of the molecule is CSCCC(NC(=O)c1ccccc1Cl)C(=O)NC(C)c1ccncc1. The smallest absolute Gasteiger partial charge is 0.253 e. The second-order valence-corrected chi connectivity index (χ2v) is 7.19. The van der Waals surface area contributed by atoms with Gasteiger partial charge in [0.2, 0.25) is 5.91 Å². The minimum Gasteiger partial charge on any atom is -0.348 e. The van der Waals surface area contributed by atoms with Crippen molar-refractivity contribution in [1.29, 1.82) is 0 Å². The second-order valence-electron chi connectivity index (χ2n) is 5.80. The minimum atomic E-state index is -0.629. The summed E-state index contributed by atoms with van der Waals surface area (Å²) in [6.07, 6.45) is 5.86. The van der Waals surface area contributed by atoms with E-state index in [0.29, 0.717) is 17.0 Å². The number of halogens is 1. The third kappa shape index (κ3) is 5.75. The van der Waals surface area contributed by atoms with Crippen molar-refractivity contribution in [1.82, 2.24) is 15.6 Å². The lowest BCUT2D eigenvalue weighted by Crippen LogP contribution is -2.47. The second kappa shape index (κ2) is 10.2. The van der Waals surface area contributed by atoms with Gasteiger partial charge in [0.25, 0.3) is 5.91 Å². The van der Waals surface area contributed by atoms with E-state index in [0.717, 1.165) is 11.3 Å². The molecule has 0 spiro atoms. The molecule has 2 amide bonds. The molecule has 0 radical (unpaired) electrons. The Morgan fingerprint density at radius 1 is 1.15 bits per heavy atom. The third-order valence-corrected chi connectivity index (χ3v) is 4.89. The number of amides is 2. The van der Waals surface area contributed by atoms with Crippen molar-refractivity contribution < 1.29 is 9.59 Å². The predicted octanol–water partition coefficient (Wildman–Crippen LogP) is 3.46. The van der Waals surface area contributed by atoms with Crippen LogP contribution in [0.5, 0.6) is 0 Å². The summed E-state index contributed by atoms with van der Waals surface area (Å²) in [6.45, 7) is 1.90. The highest BCUT2D eigenvalue weighted by Gasteiger charge is 2.23. The Morgan fingerprint density at radius 3 is 2.50 bits per heavy atom. The van der Waals surface area contributed by atoms with Gasteiger partial charge in [0.1, 0.15) is 6.04 Å². The van der Waals surface area contributed by atoms with Gasteiger partial charge in [0, 0.05) is 12.4 Å². The first-order valence-electron chi connectivity index (χ1n) is 8.27. The molecule has 0 saturated heterocycles. The molecule has 1 aromatic carbocycles. The van der Waals surface area contributed by atoms with Crippen LogP contribution in [0.2, 0.25) is 5.02 Å². The molecular weight excluding hydrogens is 370 g/mol. The van der Waals surface area contributed by atoms with E-state index in [-0.39, 0.29) is 17.9 Å². The fraction of sp³-hybridized carbons (Fsp3) is 0.316. The summed E-state index contributed by atoms with van der Waals surface area (Å²) in [5.41, 5.74) is 1.31. The topological polar surface area (TPSA) is 71.1 Å². The van der Waals surface area contributed by atoms with Gasteiger partial charge in [-0.3, -0.25) is 14.6 Å². The molecule has 2 unspecified atom stereocenters. The van der Waals surface area contributed by atoms with Crippen LogP contribution < -0.4 is 10.6 Å². The molecule has 0 bridgehead atoms. The Bertz CT molecular complexity index is 743. The number of aromatic nitrogens is 1. The highest BCUT2D eigenvalue weighted by Crippen LogP contribution is 2.16. The van der Waals surface area contributed by atoms with Crippen molar-refractivity contribution in [2.24, 2.45) is 0 Å². The van der Waals surface area contributed by atoms with Crippen LogP contribution in [-0.4, -0.2) is 34.8 Å². The Kier molecular flexibility index (Phi) is 7.94. The number of pyridine rings is 1. The molecule has 0 fully saturated rings. The van der Waals surface area contributed by atoms with Crippen molar-refractivity contribution in [3.8, 4) is 0 Å². The quantitative estimate of drug-likeness (QED) is 0.722. The molecule has 7 heteroatoms. The summed E-state index contributed by atoms with van der Waals surface area (Å²) in [5.74, 6) is 0.182. The lowest BCUT2D eigenvalue weighted by Gasteiger charge is -2.21. The van der Waals surface area contributed by atoms with Crippen molar-refractivity contribution in [3.05, 3.63) is 64.9 Å². The Morgan fingerprint density at radius 2 is 1.85 bits per heavy atom. The highest BCUT2D eigenvalue weighted by molar-refractivity contribution is 7.98. The average molecular weight is 392 g/mol. The maximum absolute atomic E-state index is 12.7. The van der Waals surface area contributed by atoms with E-state index in [1.165, 1.54) is 0 Å². The van der Waals surface area contributed by atoms with Crippen LogP contribution in [0.15, 0.2) is 48.8 Å². The molecule has 0 aliphatic rings. The predicted molar refractivity (Wildman–Crippen MR) is 106 cm³/mol. The summed E-state index contributed by atoms with van der Waals surface area (Å²) in [4.78, 5) is 29.2. The van der Waals surface area contributed by atoms with Gasteiger partial charge in [-0.2, -0.15) is 11.8 Å². The molecule has 2 rings (SSSR count). The summed E-state index contributed by atoms with van der Waals surface area (Å²) in [7, 11) is 0. The lowest BCUT2D eigenvalue weighted by atomic mass is 10.1. The van der Waals surface area contributed by atoms with Gasteiger partial charge >= 0.3 is 0 Å². The zero-order chi connectivity index (χ0) is 18.9.